The molecule has 0 unspecified atom stereocenters. The van der Waals surface area contributed by atoms with Crippen molar-refractivity contribution in [2.75, 3.05) is 0 Å². The fourth-order valence-corrected chi connectivity index (χ4v) is 3.43. The van der Waals surface area contributed by atoms with Crippen LogP contribution in [-0.4, -0.2) is 5.11 Å². The number of nitriles is 1. The van der Waals surface area contributed by atoms with E-state index in [0.29, 0.717) is 17.9 Å². The molecule has 0 fully saturated rings. The molecule has 0 saturated carbocycles. The molecule has 5 heteroatoms. The quantitative estimate of drug-likeness (QED) is 0.809. The molecule has 2 aromatic carbocycles. The topological polar surface area (TPSA) is 53.2 Å². The Morgan fingerprint density at radius 3 is 2.38 bits per heavy atom. The van der Waals surface area contributed by atoms with Crippen LogP contribution in [0.3, 0.4) is 0 Å². The molecule has 0 radical (unpaired) electrons. The lowest BCUT2D eigenvalue weighted by molar-refractivity contribution is 0.280. The van der Waals surface area contributed by atoms with Crippen LogP contribution in [0, 0.1) is 18.3 Å². The highest BCUT2D eigenvalue weighted by Gasteiger charge is 2.10. The summed E-state index contributed by atoms with van der Waals surface area (Å²) in [6, 6.07) is 11.3. The van der Waals surface area contributed by atoms with Crippen LogP contribution in [0.4, 0.5) is 0 Å². The van der Waals surface area contributed by atoms with Gasteiger partial charge in [-0.05, 0) is 79.7 Å². The Kier molecular flexibility index (Phi) is 5.40. The third-order valence-corrected chi connectivity index (χ3v) is 4.26. The van der Waals surface area contributed by atoms with Crippen LogP contribution in [0.15, 0.2) is 39.3 Å². The van der Waals surface area contributed by atoms with Gasteiger partial charge in [-0.3, -0.25) is 0 Å². The van der Waals surface area contributed by atoms with E-state index < -0.39 is 0 Å². The maximum absolute atomic E-state index is 9.16. The van der Waals surface area contributed by atoms with E-state index in [2.05, 4.69) is 37.9 Å². The maximum Gasteiger partial charge on any atom is 0.148 e. The molecule has 3 nitrogen and oxygen atoms in total. The standard InChI is InChI=1S/C16H13Br2NO2/c1-10-4-11(7-19)2-3-13(10)9-21-16-14(17)5-12(8-20)6-15(16)18/h2-6,20H,8-9H2,1H3. The number of halogens is 2. The Morgan fingerprint density at radius 2 is 1.86 bits per heavy atom. The smallest absolute Gasteiger partial charge is 0.148 e. The summed E-state index contributed by atoms with van der Waals surface area (Å²) in [5.41, 5.74) is 3.49. The summed E-state index contributed by atoms with van der Waals surface area (Å²) >= 11 is 6.89. The van der Waals surface area contributed by atoms with Crippen molar-refractivity contribution in [1.82, 2.24) is 0 Å². The van der Waals surface area contributed by atoms with Crippen LogP contribution in [0.25, 0.3) is 0 Å². The van der Waals surface area contributed by atoms with Gasteiger partial charge in [0.2, 0.25) is 0 Å². The van der Waals surface area contributed by atoms with E-state index in [1.54, 1.807) is 6.07 Å². The highest BCUT2D eigenvalue weighted by atomic mass is 79.9. The molecule has 0 heterocycles. The molecule has 0 spiro atoms. The van der Waals surface area contributed by atoms with Gasteiger partial charge in [0.05, 0.1) is 27.2 Å². The first-order valence-corrected chi connectivity index (χ1v) is 7.85. The lowest BCUT2D eigenvalue weighted by Gasteiger charge is -2.13. The molecule has 0 aromatic heterocycles. The summed E-state index contributed by atoms with van der Waals surface area (Å²) in [4.78, 5) is 0. The number of aryl methyl sites for hydroxylation is 1. The van der Waals surface area contributed by atoms with E-state index in [-0.39, 0.29) is 6.61 Å². The predicted octanol–water partition coefficient (Wildman–Crippen LogP) is 4.46. The zero-order valence-corrected chi connectivity index (χ0v) is 14.5. The van der Waals surface area contributed by atoms with Gasteiger partial charge in [0, 0.05) is 0 Å². The van der Waals surface area contributed by atoms with Gasteiger partial charge >= 0.3 is 0 Å². The van der Waals surface area contributed by atoms with Crippen LogP contribution in [0.1, 0.15) is 22.3 Å². The predicted molar refractivity (Wildman–Crippen MR) is 88.0 cm³/mol. The van der Waals surface area contributed by atoms with Crippen molar-refractivity contribution in [2.24, 2.45) is 0 Å². The van der Waals surface area contributed by atoms with Gasteiger partial charge in [-0.1, -0.05) is 6.07 Å². The molecule has 0 aliphatic rings. The Bertz CT molecular complexity index is 685. The van der Waals surface area contributed by atoms with Crippen LogP contribution in [0.2, 0.25) is 0 Å². The average molecular weight is 411 g/mol. The van der Waals surface area contributed by atoms with Gasteiger partial charge in [0.1, 0.15) is 12.4 Å². The Balaban J connectivity index is 2.19. The number of rotatable bonds is 4. The van der Waals surface area contributed by atoms with E-state index in [1.807, 2.05) is 31.2 Å². The lowest BCUT2D eigenvalue weighted by Crippen LogP contribution is -2.00. The van der Waals surface area contributed by atoms with Crippen LogP contribution >= 0.6 is 31.9 Å². The average Bonchev–Trinajstić information content (AvgIpc) is 2.47. The lowest BCUT2D eigenvalue weighted by atomic mass is 10.1. The van der Waals surface area contributed by atoms with Gasteiger partial charge in [0.15, 0.2) is 0 Å². The Morgan fingerprint density at radius 1 is 1.19 bits per heavy atom. The molecule has 2 rings (SSSR count). The van der Waals surface area contributed by atoms with Gasteiger partial charge in [-0.25, -0.2) is 0 Å². The number of nitrogens with zero attached hydrogens (tertiary/aromatic N) is 1. The summed E-state index contributed by atoms with van der Waals surface area (Å²) < 4.78 is 7.42. The molecule has 108 valence electrons. The van der Waals surface area contributed by atoms with E-state index in [9.17, 15) is 0 Å². The molecule has 0 atom stereocenters. The zero-order chi connectivity index (χ0) is 15.4. The fourth-order valence-electron chi connectivity index (χ4n) is 1.92. The normalized spacial score (nSPS) is 10.2. The SMILES string of the molecule is Cc1cc(C#N)ccc1COc1c(Br)cc(CO)cc1Br. The van der Waals surface area contributed by atoms with Gasteiger partial charge in [0.25, 0.3) is 0 Å². The summed E-state index contributed by atoms with van der Waals surface area (Å²) in [5, 5.41) is 18.0. The van der Waals surface area contributed by atoms with Crippen LogP contribution in [0.5, 0.6) is 5.75 Å². The number of hydrogen-bond acceptors (Lipinski definition) is 3. The van der Waals surface area contributed by atoms with E-state index >= 15 is 0 Å². The Hall–Kier alpha value is -1.35. The number of ether oxygens (including phenoxy) is 1. The third-order valence-electron chi connectivity index (χ3n) is 3.08. The second kappa shape index (κ2) is 7.08. The number of benzene rings is 2. The number of aliphatic hydroxyl groups excluding tert-OH is 1. The van der Waals surface area contributed by atoms with E-state index in [0.717, 1.165) is 25.6 Å². The first-order valence-electron chi connectivity index (χ1n) is 6.26. The van der Waals surface area contributed by atoms with Crippen molar-refractivity contribution in [3.05, 3.63) is 61.5 Å². The highest BCUT2D eigenvalue weighted by Crippen LogP contribution is 2.35. The monoisotopic (exact) mass is 409 g/mol. The third kappa shape index (κ3) is 3.85. The highest BCUT2D eigenvalue weighted by molar-refractivity contribution is 9.11. The molecule has 0 amide bonds. The molecular weight excluding hydrogens is 398 g/mol. The van der Waals surface area contributed by atoms with Crippen LogP contribution < -0.4 is 4.74 Å². The van der Waals surface area contributed by atoms with E-state index in [4.69, 9.17) is 15.1 Å². The molecule has 2 aromatic rings. The van der Waals surface area contributed by atoms with Crippen LogP contribution in [-0.2, 0) is 13.2 Å². The molecule has 0 bridgehead atoms. The molecule has 0 aliphatic carbocycles. The van der Waals surface area contributed by atoms with Crippen molar-refractivity contribution < 1.29 is 9.84 Å². The molecular formula is C16H13Br2NO2. The summed E-state index contributed by atoms with van der Waals surface area (Å²) in [7, 11) is 0. The minimum atomic E-state index is -0.0216. The van der Waals surface area contributed by atoms with Crippen molar-refractivity contribution in [3.63, 3.8) is 0 Å². The molecule has 1 N–H and O–H groups in total. The molecule has 0 aliphatic heterocycles. The summed E-state index contributed by atoms with van der Waals surface area (Å²) in [6.45, 7) is 2.35. The van der Waals surface area contributed by atoms with E-state index in [1.165, 1.54) is 0 Å². The van der Waals surface area contributed by atoms with Gasteiger partial charge < -0.3 is 9.84 Å². The van der Waals surface area contributed by atoms with Gasteiger partial charge in [-0.15, -0.1) is 0 Å². The number of hydrogen-bond donors (Lipinski definition) is 1. The largest absolute Gasteiger partial charge is 0.487 e. The second-order valence-corrected chi connectivity index (χ2v) is 6.30. The van der Waals surface area contributed by atoms with Gasteiger partial charge in [-0.2, -0.15) is 5.26 Å². The number of aliphatic hydroxyl groups is 1. The molecule has 21 heavy (non-hydrogen) atoms. The minimum absolute atomic E-state index is 0.0216. The second-order valence-electron chi connectivity index (χ2n) is 4.59. The van der Waals surface area contributed by atoms with Crippen molar-refractivity contribution in [1.29, 1.82) is 5.26 Å². The minimum Gasteiger partial charge on any atom is -0.487 e. The van der Waals surface area contributed by atoms with Crippen molar-refractivity contribution in [3.8, 4) is 11.8 Å². The molecule has 0 saturated heterocycles. The summed E-state index contributed by atoms with van der Waals surface area (Å²) in [5.74, 6) is 0.691. The van der Waals surface area contributed by atoms with Crippen molar-refractivity contribution >= 4 is 31.9 Å². The van der Waals surface area contributed by atoms with Crippen molar-refractivity contribution in [2.45, 2.75) is 20.1 Å². The first kappa shape index (κ1) is 16.0. The first-order chi connectivity index (χ1) is 10.0. The fraction of sp³-hybridized carbons (Fsp3) is 0.188. The maximum atomic E-state index is 9.16. The Labute approximate surface area is 140 Å². The zero-order valence-electron chi connectivity index (χ0n) is 11.4. The summed E-state index contributed by atoms with van der Waals surface area (Å²) in [6.07, 6.45) is 0.